The number of likely N-dealkylation sites (tertiary alicyclic amines) is 1. The minimum atomic E-state index is 0.153. The van der Waals surface area contributed by atoms with Crippen LogP contribution in [0.2, 0.25) is 0 Å². The highest BCUT2D eigenvalue weighted by Crippen LogP contribution is 2.36. The van der Waals surface area contributed by atoms with Crippen LogP contribution < -0.4 is 5.56 Å². The van der Waals surface area contributed by atoms with Crippen molar-refractivity contribution in [2.75, 3.05) is 13.1 Å². The first-order chi connectivity index (χ1) is 15.2. The average molecular weight is 408 g/mol. The van der Waals surface area contributed by atoms with Crippen LogP contribution in [0.4, 0.5) is 0 Å². The molecule has 0 amide bonds. The number of hydrogen-bond donors (Lipinski definition) is 0. The SMILES string of the molecule is O=c1c(-c2ccc3ccccc3c2)ccc2n1CC1CC2CN(Cc2ccccn2)C1. The molecule has 4 heterocycles. The van der Waals surface area contributed by atoms with Gasteiger partial charge in [0.05, 0.1) is 5.69 Å². The van der Waals surface area contributed by atoms with Gasteiger partial charge in [-0.3, -0.25) is 14.7 Å². The summed E-state index contributed by atoms with van der Waals surface area (Å²) >= 11 is 0. The van der Waals surface area contributed by atoms with Crippen LogP contribution in [-0.2, 0) is 13.1 Å². The summed E-state index contributed by atoms with van der Waals surface area (Å²) in [6.07, 6.45) is 3.04. The van der Waals surface area contributed by atoms with Crippen LogP contribution in [-0.4, -0.2) is 27.5 Å². The second-order valence-corrected chi connectivity index (χ2v) is 8.96. The molecule has 4 aromatic rings. The molecule has 0 N–H and O–H groups in total. The van der Waals surface area contributed by atoms with Gasteiger partial charge < -0.3 is 4.57 Å². The van der Waals surface area contributed by atoms with E-state index in [2.05, 4.69) is 63.0 Å². The molecule has 0 aliphatic carbocycles. The molecule has 6 rings (SSSR count). The van der Waals surface area contributed by atoms with Crippen LogP contribution in [0, 0.1) is 5.92 Å². The van der Waals surface area contributed by atoms with Crippen LogP contribution >= 0.6 is 0 Å². The van der Waals surface area contributed by atoms with Crippen LogP contribution in [0.1, 0.15) is 23.7 Å². The first-order valence-corrected chi connectivity index (χ1v) is 11.1. The van der Waals surface area contributed by atoms with Gasteiger partial charge in [-0.15, -0.1) is 0 Å². The quantitative estimate of drug-likeness (QED) is 0.495. The smallest absolute Gasteiger partial charge is 0.258 e. The highest BCUT2D eigenvalue weighted by molar-refractivity contribution is 5.87. The number of rotatable bonds is 3. The molecule has 2 aromatic carbocycles. The zero-order chi connectivity index (χ0) is 20.8. The largest absolute Gasteiger partial charge is 0.311 e. The molecule has 1 fully saturated rings. The summed E-state index contributed by atoms with van der Waals surface area (Å²) in [4.78, 5) is 20.5. The predicted molar refractivity (Wildman–Crippen MR) is 124 cm³/mol. The Balaban J connectivity index is 1.32. The van der Waals surface area contributed by atoms with E-state index in [4.69, 9.17) is 0 Å². The van der Waals surface area contributed by atoms with Gasteiger partial charge in [-0.2, -0.15) is 0 Å². The second-order valence-electron chi connectivity index (χ2n) is 8.96. The molecule has 2 aliphatic heterocycles. The molecule has 31 heavy (non-hydrogen) atoms. The van der Waals surface area contributed by atoms with Crippen molar-refractivity contribution in [1.82, 2.24) is 14.5 Å². The van der Waals surface area contributed by atoms with Gasteiger partial charge >= 0.3 is 0 Å². The minimum absolute atomic E-state index is 0.153. The van der Waals surface area contributed by atoms with Gasteiger partial charge in [-0.1, -0.05) is 42.5 Å². The van der Waals surface area contributed by atoms with E-state index < -0.39 is 0 Å². The fraction of sp³-hybridized carbons (Fsp3) is 0.259. The van der Waals surface area contributed by atoms with Crippen molar-refractivity contribution < 1.29 is 0 Å². The molecule has 2 unspecified atom stereocenters. The Kier molecular flexibility index (Phi) is 4.46. The first kappa shape index (κ1) is 18.5. The summed E-state index contributed by atoms with van der Waals surface area (Å²) < 4.78 is 2.06. The monoisotopic (exact) mass is 407 g/mol. The third kappa shape index (κ3) is 3.37. The number of aromatic nitrogens is 2. The number of nitrogens with zero attached hydrogens (tertiary/aromatic N) is 3. The number of hydrogen-bond acceptors (Lipinski definition) is 3. The van der Waals surface area contributed by atoms with Crippen LogP contribution in [0.15, 0.2) is 83.8 Å². The average Bonchev–Trinajstić information content (AvgIpc) is 2.80. The van der Waals surface area contributed by atoms with Gasteiger partial charge in [-0.05, 0) is 59.0 Å². The highest BCUT2D eigenvalue weighted by Gasteiger charge is 2.35. The van der Waals surface area contributed by atoms with Crippen LogP contribution in [0.25, 0.3) is 21.9 Å². The van der Waals surface area contributed by atoms with Gasteiger partial charge in [0.25, 0.3) is 5.56 Å². The topological polar surface area (TPSA) is 38.1 Å². The van der Waals surface area contributed by atoms with Gasteiger partial charge in [-0.25, -0.2) is 0 Å². The predicted octanol–water partition coefficient (Wildman–Crippen LogP) is 4.68. The lowest BCUT2D eigenvalue weighted by Gasteiger charge is -2.42. The van der Waals surface area contributed by atoms with E-state index in [0.717, 1.165) is 43.0 Å². The Morgan fingerprint density at radius 2 is 1.74 bits per heavy atom. The zero-order valence-electron chi connectivity index (χ0n) is 17.4. The highest BCUT2D eigenvalue weighted by atomic mass is 16.1. The second kappa shape index (κ2) is 7.47. The molecule has 2 bridgehead atoms. The fourth-order valence-corrected chi connectivity index (χ4v) is 5.47. The molecule has 0 spiro atoms. The third-order valence-electron chi connectivity index (χ3n) is 6.85. The van der Waals surface area contributed by atoms with Crippen LogP contribution in [0.3, 0.4) is 0 Å². The van der Waals surface area contributed by atoms with Crippen molar-refractivity contribution in [2.45, 2.75) is 25.4 Å². The lowest BCUT2D eigenvalue weighted by Crippen LogP contribution is -2.47. The molecule has 2 atom stereocenters. The maximum Gasteiger partial charge on any atom is 0.258 e. The zero-order valence-corrected chi connectivity index (χ0v) is 17.4. The molecular formula is C27H25N3O. The molecule has 4 heteroatoms. The lowest BCUT2D eigenvalue weighted by molar-refractivity contribution is 0.113. The normalized spacial score (nSPS) is 20.5. The molecule has 0 saturated carbocycles. The molecule has 2 aliphatic rings. The Morgan fingerprint density at radius 3 is 2.61 bits per heavy atom. The Labute approximate surface area is 181 Å². The van der Waals surface area contributed by atoms with E-state index in [0.29, 0.717) is 11.8 Å². The van der Waals surface area contributed by atoms with Crippen molar-refractivity contribution in [1.29, 1.82) is 0 Å². The minimum Gasteiger partial charge on any atom is -0.311 e. The van der Waals surface area contributed by atoms with E-state index >= 15 is 0 Å². The maximum atomic E-state index is 13.5. The van der Waals surface area contributed by atoms with Crippen molar-refractivity contribution in [3.05, 3.63) is 101 Å². The summed E-state index contributed by atoms with van der Waals surface area (Å²) in [6, 6.07) is 25.0. The van der Waals surface area contributed by atoms with Crippen molar-refractivity contribution in [3.8, 4) is 11.1 Å². The van der Waals surface area contributed by atoms with Gasteiger partial charge in [0.2, 0.25) is 0 Å². The van der Waals surface area contributed by atoms with Gasteiger partial charge in [0, 0.05) is 49.6 Å². The fourth-order valence-electron chi connectivity index (χ4n) is 5.47. The summed E-state index contributed by atoms with van der Waals surface area (Å²) in [5, 5.41) is 2.37. The molecule has 2 aromatic heterocycles. The van der Waals surface area contributed by atoms with E-state index in [1.165, 1.54) is 22.9 Å². The van der Waals surface area contributed by atoms with E-state index in [1.807, 2.05) is 30.5 Å². The van der Waals surface area contributed by atoms with Gasteiger partial charge in [0.15, 0.2) is 0 Å². The molecule has 0 radical (unpaired) electrons. The van der Waals surface area contributed by atoms with Gasteiger partial charge in [0.1, 0.15) is 0 Å². The summed E-state index contributed by atoms with van der Waals surface area (Å²) in [5.74, 6) is 0.925. The molecule has 154 valence electrons. The lowest BCUT2D eigenvalue weighted by atomic mass is 9.82. The Hall–Kier alpha value is -3.24. The maximum absolute atomic E-state index is 13.5. The van der Waals surface area contributed by atoms with Crippen molar-refractivity contribution in [2.24, 2.45) is 5.92 Å². The molecule has 1 saturated heterocycles. The summed E-state index contributed by atoms with van der Waals surface area (Å²) in [5.41, 5.74) is 4.27. The number of piperidine rings is 1. The third-order valence-corrected chi connectivity index (χ3v) is 6.85. The van der Waals surface area contributed by atoms with E-state index in [1.54, 1.807) is 0 Å². The number of fused-ring (bicyclic) bond motifs is 5. The van der Waals surface area contributed by atoms with Crippen LogP contribution in [0.5, 0.6) is 0 Å². The molecular weight excluding hydrogens is 382 g/mol. The van der Waals surface area contributed by atoms with Crippen molar-refractivity contribution >= 4 is 10.8 Å². The van der Waals surface area contributed by atoms with E-state index in [-0.39, 0.29) is 5.56 Å². The van der Waals surface area contributed by atoms with Crippen molar-refractivity contribution in [3.63, 3.8) is 0 Å². The molecule has 4 nitrogen and oxygen atoms in total. The Morgan fingerprint density at radius 1 is 0.871 bits per heavy atom. The summed E-state index contributed by atoms with van der Waals surface area (Å²) in [6.45, 7) is 3.71. The summed E-state index contributed by atoms with van der Waals surface area (Å²) in [7, 11) is 0. The standard InChI is InChI=1S/C27H25N3O/c31-27-25(22-9-8-20-5-1-2-6-21(20)14-22)10-11-26-23-13-19(16-30(26)27)15-29(17-23)18-24-7-3-4-12-28-24/h1-12,14,19,23H,13,15-18H2. The Bertz CT molecular complexity index is 1310. The number of pyridine rings is 2. The first-order valence-electron chi connectivity index (χ1n) is 11.1. The van der Waals surface area contributed by atoms with E-state index in [9.17, 15) is 4.79 Å². The number of benzene rings is 2.